The fraction of sp³-hybridized carbons (Fsp3) is 0.667. The van der Waals surface area contributed by atoms with E-state index in [1.54, 1.807) is 0 Å². The first-order valence-corrected chi connectivity index (χ1v) is 8.26. The van der Waals surface area contributed by atoms with Gasteiger partial charge in [0.2, 0.25) is 0 Å². The van der Waals surface area contributed by atoms with E-state index in [-0.39, 0.29) is 0 Å². The molecule has 20 heavy (non-hydrogen) atoms. The van der Waals surface area contributed by atoms with Crippen LogP contribution >= 0.6 is 0 Å². The fourth-order valence-electron chi connectivity index (χ4n) is 3.03. The van der Waals surface area contributed by atoms with Crippen molar-refractivity contribution in [3.05, 3.63) is 29.8 Å². The minimum absolute atomic E-state index is 0.366. The first kappa shape index (κ1) is 15.4. The van der Waals surface area contributed by atoms with Gasteiger partial charge in [-0.25, -0.2) is 0 Å². The number of rotatable bonds is 7. The zero-order valence-electron chi connectivity index (χ0n) is 13.0. The molecule has 0 aromatic heterocycles. The topological polar surface area (TPSA) is 21.3 Å². The lowest BCUT2D eigenvalue weighted by molar-refractivity contribution is 0.305. The summed E-state index contributed by atoms with van der Waals surface area (Å²) in [6.07, 6.45) is 8.10. The number of benzene rings is 1. The predicted octanol–water partition coefficient (Wildman–Crippen LogP) is 4.71. The molecule has 1 N–H and O–H groups in total. The van der Waals surface area contributed by atoms with Crippen molar-refractivity contribution >= 4 is 0 Å². The average molecular weight is 275 g/mol. The molecule has 2 rings (SSSR count). The Labute approximate surface area is 123 Å². The van der Waals surface area contributed by atoms with Crippen molar-refractivity contribution in [3.8, 4) is 5.75 Å². The summed E-state index contributed by atoms with van der Waals surface area (Å²) in [6.45, 7) is 6.33. The zero-order chi connectivity index (χ0) is 14.2. The molecule has 112 valence electrons. The van der Waals surface area contributed by atoms with E-state index in [1.165, 1.54) is 37.7 Å². The molecular weight excluding hydrogens is 246 g/mol. The predicted molar refractivity (Wildman–Crippen MR) is 85.2 cm³/mol. The molecule has 1 aromatic carbocycles. The van der Waals surface area contributed by atoms with Crippen LogP contribution in [0.4, 0.5) is 0 Å². The van der Waals surface area contributed by atoms with Gasteiger partial charge in [-0.2, -0.15) is 0 Å². The van der Waals surface area contributed by atoms with Gasteiger partial charge in [-0.05, 0) is 44.7 Å². The van der Waals surface area contributed by atoms with E-state index in [0.29, 0.717) is 6.04 Å². The molecule has 1 aliphatic carbocycles. The maximum absolute atomic E-state index is 5.86. The minimum atomic E-state index is 0.366. The summed E-state index contributed by atoms with van der Waals surface area (Å²) < 4.78 is 5.86. The zero-order valence-corrected chi connectivity index (χ0v) is 13.0. The molecule has 0 aliphatic heterocycles. The highest BCUT2D eigenvalue weighted by Gasteiger charge is 2.16. The molecule has 2 heteroatoms. The summed E-state index contributed by atoms with van der Waals surface area (Å²) in [6, 6.07) is 8.80. The van der Waals surface area contributed by atoms with Crippen LogP contribution in [0.25, 0.3) is 0 Å². The molecule has 0 heterocycles. The van der Waals surface area contributed by atoms with Crippen LogP contribution in [0.15, 0.2) is 24.3 Å². The van der Waals surface area contributed by atoms with Gasteiger partial charge in [0.1, 0.15) is 5.75 Å². The normalized spacial score (nSPS) is 17.9. The molecule has 1 atom stereocenters. The van der Waals surface area contributed by atoms with Gasteiger partial charge in [-0.3, -0.25) is 0 Å². The Morgan fingerprint density at radius 3 is 2.70 bits per heavy atom. The first-order valence-electron chi connectivity index (χ1n) is 8.26. The third-order valence-electron chi connectivity index (χ3n) is 4.28. The van der Waals surface area contributed by atoms with E-state index < -0.39 is 0 Å². The molecule has 1 saturated carbocycles. The molecule has 1 aliphatic rings. The summed E-state index contributed by atoms with van der Waals surface area (Å²) in [5, 5.41) is 3.71. The summed E-state index contributed by atoms with van der Waals surface area (Å²) in [5.74, 6) is 1.91. The van der Waals surface area contributed by atoms with Gasteiger partial charge in [0.25, 0.3) is 0 Å². The van der Waals surface area contributed by atoms with E-state index in [0.717, 1.165) is 31.2 Å². The average Bonchev–Trinajstić information content (AvgIpc) is 2.52. The van der Waals surface area contributed by atoms with Crippen LogP contribution in [0.2, 0.25) is 0 Å². The summed E-state index contributed by atoms with van der Waals surface area (Å²) in [4.78, 5) is 0. The molecule has 0 radical (unpaired) electrons. The van der Waals surface area contributed by atoms with E-state index in [9.17, 15) is 0 Å². The number of para-hydroxylation sites is 1. The van der Waals surface area contributed by atoms with Gasteiger partial charge < -0.3 is 10.1 Å². The van der Waals surface area contributed by atoms with Gasteiger partial charge in [-0.1, -0.05) is 44.4 Å². The standard InChI is InChI=1S/C18H29NO/c1-3-13-20-18-12-8-7-11-17(18)15(2)19-14-16-9-5-4-6-10-16/h7-8,11-12,15-16,19H,3-6,9-10,13-14H2,1-2H3. The van der Waals surface area contributed by atoms with Gasteiger partial charge in [0.15, 0.2) is 0 Å². The third-order valence-corrected chi connectivity index (χ3v) is 4.28. The van der Waals surface area contributed by atoms with Gasteiger partial charge in [0, 0.05) is 11.6 Å². The number of hydrogen-bond donors (Lipinski definition) is 1. The second-order valence-corrected chi connectivity index (χ2v) is 6.02. The Kier molecular flexibility index (Phi) is 6.38. The molecule has 1 unspecified atom stereocenters. The fourth-order valence-corrected chi connectivity index (χ4v) is 3.03. The number of ether oxygens (including phenoxy) is 1. The van der Waals surface area contributed by atoms with Crippen molar-refractivity contribution in [1.29, 1.82) is 0 Å². The molecule has 0 spiro atoms. The summed E-state index contributed by atoms with van der Waals surface area (Å²) in [5.41, 5.74) is 1.29. The molecule has 1 fully saturated rings. The number of hydrogen-bond acceptors (Lipinski definition) is 2. The van der Waals surface area contributed by atoms with Crippen LogP contribution in [0.3, 0.4) is 0 Å². The third kappa shape index (κ3) is 4.52. The van der Waals surface area contributed by atoms with Crippen LogP contribution in [-0.2, 0) is 0 Å². The molecule has 0 amide bonds. The highest BCUT2D eigenvalue weighted by Crippen LogP contribution is 2.27. The Balaban J connectivity index is 1.88. The summed E-state index contributed by atoms with van der Waals surface area (Å²) in [7, 11) is 0. The van der Waals surface area contributed by atoms with Gasteiger partial charge >= 0.3 is 0 Å². The Morgan fingerprint density at radius 2 is 1.95 bits per heavy atom. The Bertz CT molecular complexity index is 385. The molecule has 0 saturated heterocycles. The molecular formula is C18H29NO. The monoisotopic (exact) mass is 275 g/mol. The van der Waals surface area contributed by atoms with E-state index in [1.807, 2.05) is 0 Å². The Hall–Kier alpha value is -1.02. The second-order valence-electron chi connectivity index (χ2n) is 6.02. The SMILES string of the molecule is CCCOc1ccccc1C(C)NCC1CCCCC1. The quantitative estimate of drug-likeness (QED) is 0.778. The van der Waals surface area contributed by atoms with Crippen molar-refractivity contribution < 1.29 is 4.74 Å². The van der Waals surface area contributed by atoms with Gasteiger partial charge in [0.05, 0.1) is 6.61 Å². The maximum atomic E-state index is 5.86. The highest BCUT2D eigenvalue weighted by atomic mass is 16.5. The van der Waals surface area contributed by atoms with Crippen LogP contribution in [0.5, 0.6) is 5.75 Å². The van der Waals surface area contributed by atoms with Crippen LogP contribution < -0.4 is 10.1 Å². The van der Waals surface area contributed by atoms with Crippen molar-refractivity contribution in [1.82, 2.24) is 5.32 Å². The number of nitrogens with one attached hydrogen (secondary N) is 1. The van der Waals surface area contributed by atoms with Crippen molar-refractivity contribution in [2.24, 2.45) is 5.92 Å². The van der Waals surface area contributed by atoms with Crippen molar-refractivity contribution in [2.45, 2.75) is 58.4 Å². The van der Waals surface area contributed by atoms with Crippen LogP contribution in [0, 0.1) is 5.92 Å². The largest absolute Gasteiger partial charge is 0.493 e. The lowest BCUT2D eigenvalue weighted by atomic mass is 9.89. The van der Waals surface area contributed by atoms with E-state index >= 15 is 0 Å². The Morgan fingerprint density at radius 1 is 1.20 bits per heavy atom. The van der Waals surface area contributed by atoms with Gasteiger partial charge in [-0.15, -0.1) is 0 Å². The van der Waals surface area contributed by atoms with E-state index in [4.69, 9.17) is 4.74 Å². The summed E-state index contributed by atoms with van der Waals surface area (Å²) >= 11 is 0. The van der Waals surface area contributed by atoms with Crippen LogP contribution in [0.1, 0.15) is 64.0 Å². The lowest BCUT2D eigenvalue weighted by Crippen LogP contribution is -2.27. The lowest BCUT2D eigenvalue weighted by Gasteiger charge is -2.25. The highest BCUT2D eigenvalue weighted by molar-refractivity contribution is 5.35. The van der Waals surface area contributed by atoms with Crippen LogP contribution in [-0.4, -0.2) is 13.2 Å². The second kappa shape index (κ2) is 8.31. The molecule has 0 bridgehead atoms. The van der Waals surface area contributed by atoms with Crippen molar-refractivity contribution in [2.75, 3.05) is 13.2 Å². The maximum Gasteiger partial charge on any atom is 0.124 e. The first-order chi connectivity index (χ1) is 9.81. The van der Waals surface area contributed by atoms with E-state index in [2.05, 4.69) is 43.4 Å². The smallest absolute Gasteiger partial charge is 0.124 e. The minimum Gasteiger partial charge on any atom is -0.493 e. The van der Waals surface area contributed by atoms with Crippen molar-refractivity contribution in [3.63, 3.8) is 0 Å². The molecule has 2 nitrogen and oxygen atoms in total. The molecule has 1 aromatic rings.